The lowest BCUT2D eigenvalue weighted by Crippen LogP contribution is -2.37. The highest BCUT2D eigenvalue weighted by Gasteiger charge is 2.26. The van der Waals surface area contributed by atoms with E-state index < -0.39 is 0 Å². The number of hydrogen-bond acceptors (Lipinski definition) is 6. The Bertz CT molecular complexity index is 416. The van der Waals surface area contributed by atoms with Gasteiger partial charge in [0, 0.05) is 26.2 Å². The number of methoxy groups -OCH3 is 1. The minimum Gasteiger partial charge on any atom is -0.469 e. The molecule has 98 valence electrons. The molecule has 1 N–H and O–H groups in total. The van der Waals surface area contributed by atoms with Crippen LogP contribution in [0.4, 0.5) is 11.6 Å². The van der Waals surface area contributed by atoms with Gasteiger partial charge in [0.15, 0.2) is 0 Å². The third-order valence-corrected chi connectivity index (χ3v) is 3.26. The van der Waals surface area contributed by atoms with Gasteiger partial charge in [-0.05, 0) is 12.8 Å². The van der Waals surface area contributed by atoms with Crippen LogP contribution in [0, 0.1) is 5.92 Å². The number of nitrogens with zero attached hydrogens (tertiary/aromatic N) is 3. The van der Waals surface area contributed by atoms with Crippen LogP contribution in [0.25, 0.3) is 0 Å². The molecule has 0 radical (unpaired) electrons. The summed E-state index contributed by atoms with van der Waals surface area (Å²) in [4.78, 5) is 21.9. The predicted molar refractivity (Wildman–Crippen MR) is 68.5 cm³/mol. The molecule has 0 atom stereocenters. The Balaban J connectivity index is 1.98. The molecule has 1 aliphatic rings. The fourth-order valence-electron chi connectivity index (χ4n) is 2.17. The van der Waals surface area contributed by atoms with Gasteiger partial charge in [-0.25, -0.2) is 9.97 Å². The van der Waals surface area contributed by atoms with E-state index in [2.05, 4.69) is 20.2 Å². The molecule has 2 rings (SSSR count). The number of carbonyl (C=O) groups excluding carboxylic acids is 1. The van der Waals surface area contributed by atoms with Gasteiger partial charge < -0.3 is 15.0 Å². The molecule has 0 aromatic carbocycles. The zero-order valence-corrected chi connectivity index (χ0v) is 10.7. The summed E-state index contributed by atoms with van der Waals surface area (Å²) in [6, 6.07) is 1.92. The average molecular weight is 250 g/mol. The smallest absolute Gasteiger partial charge is 0.308 e. The van der Waals surface area contributed by atoms with Crippen molar-refractivity contribution in [3.05, 3.63) is 12.4 Å². The van der Waals surface area contributed by atoms with E-state index in [1.165, 1.54) is 7.11 Å². The number of esters is 1. The van der Waals surface area contributed by atoms with Crippen molar-refractivity contribution in [2.24, 2.45) is 5.92 Å². The van der Waals surface area contributed by atoms with E-state index >= 15 is 0 Å². The fourth-order valence-corrected chi connectivity index (χ4v) is 2.17. The third-order valence-electron chi connectivity index (χ3n) is 3.26. The van der Waals surface area contributed by atoms with E-state index in [4.69, 9.17) is 4.74 Å². The SMILES string of the molecule is CNc1cc(N2CCC(C(=O)OC)CC2)ncn1. The van der Waals surface area contributed by atoms with Crippen LogP contribution in [0.15, 0.2) is 12.4 Å². The lowest BCUT2D eigenvalue weighted by Gasteiger charge is -2.31. The van der Waals surface area contributed by atoms with Gasteiger partial charge in [0.1, 0.15) is 18.0 Å². The average Bonchev–Trinajstić information content (AvgIpc) is 2.46. The summed E-state index contributed by atoms with van der Waals surface area (Å²) < 4.78 is 4.77. The van der Waals surface area contributed by atoms with Gasteiger partial charge in [0.25, 0.3) is 0 Å². The molecule has 0 spiro atoms. The van der Waals surface area contributed by atoms with Crippen LogP contribution < -0.4 is 10.2 Å². The van der Waals surface area contributed by atoms with E-state index in [-0.39, 0.29) is 11.9 Å². The van der Waals surface area contributed by atoms with Crippen molar-refractivity contribution in [3.63, 3.8) is 0 Å². The Morgan fingerprint density at radius 1 is 1.44 bits per heavy atom. The van der Waals surface area contributed by atoms with Crippen LogP contribution in [0.2, 0.25) is 0 Å². The van der Waals surface area contributed by atoms with Crippen molar-refractivity contribution < 1.29 is 9.53 Å². The van der Waals surface area contributed by atoms with Crippen molar-refractivity contribution in [3.8, 4) is 0 Å². The van der Waals surface area contributed by atoms with Gasteiger partial charge in [-0.1, -0.05) is 0 Å². The molecule has 0 bridgehead atoms. The zero-order valence-electron chi connectivity index (χ0n) is 10.7. The molecule has 1 aromatic rings. The van der Waals surface area contributed by atoms with Crippen LogP contribution in [-0.2, 0) is 9.53 Å². The maximum atomic E-state index is 11.4. The molecule has 2 heterocycles. The lowest BCUT2D eigenvalue weighted by molar-refractivity contribution is -0.146. The maximum absolute atomic E-state index is 11.4. The van der Waals surface area contributed by atoms with Gasteiger partial charge in [0.05, 0.1) is 13.0 Å². The minimum atomic E-state index is -0.103. The van der Waals surface area contributed by atoms with Gasteiger partial charge >= 0.3 is 5.97 Å². The van der Waals surface area contributed by atoms with Crippen LogP contribution in [0.1, 0.15) is 12.8 Å². The van der Waals surface area contributed by atoms with Gasteiger partial charge in [-0.3, -0.25) is 4.79 Å². The summed E-state index contributed by atoms with van der Waals surface area (Å²) in [5, 5.41) is 2.99. The number of ether oxygens (including phenoxy) is 1. The van der Waals surface area contributed by atoms with Gasteiger partial charge in [0.2, 0.25) is 0 Å². The lowest BCUT2D eigenvalue weighted by atomic mass is 9.97. The quantitative estimate of drug-likeness (QED) is 0.804. The van der Waals surface area contributed by atoms with E-state index in [0.29, 0.717) is 0 Å². The molecule has 6 heteroatoms. The molecule has 1 saturated heterocycles. The second kappa shape index (κ2) is 5.66. The van der Waals surface area contributed by atoms with E-state index in [0.717, 1.165) is 37.6 Å². The van der Waals surface area contributed by atoms with Gasteiger partial charge in [-0.2, -0.15) is 0 Å². The van der Waals surface area contributed by atoms with Gasteiger partial charge in [-0.15, -0.1) is 0 Å². The van der Waals surface area contributed by atoms with Crippen molar-refractivity contribution in [1.82, 2.24) is 9.97 Å². The molecule has 1 aromatic heterocycles. The Morgan fingerprint density at radius 2 is 2.17 bits per heavy atom. The Hall–Kier alpha value is -1.85. The summed E-state index contributed by atoms with van der Waals surface area (Å²) in [6.07, 6.45) is 3.17. The molecule has 0 unspecified atom stereocenters. The van der Waals surface area contributed by atoms with Crippen molar-refractivity contribution in [2.75, 3.05) is 37.5 Å². The highest BCUT2D eigenvalue weighted by Crippen LogP contribution is 2.23. The monoisotopic (exact) mass is 250 g/mol. The van der Waals surface area contributed by atoms with E-state index in [1.807, 2.05) is 13.1 Å². The molecule has 1 aliphatic heterocycles. The van der Waals surface area contributed by atoms with Crippen molar-refractivity contribution >= 4 is 17.6 Å². The predicted octanol–water partition coefficient (Wildman–Crippen LogP) is 0.908. The Morgan fingerprint density at radius 3 is 2.78 bits per heavy atom. The van der Waals surface area contributed by atoms with Crippen molar-refractivity contribution in [2.45, 2.75) is 12.8 Å². The largest absolute Gasteiger partial charge is 0.469 e. The molecule has 6 nitrogen and oxygen atoms in total. The summed E-state index contributed by atoms with van der Waals surface area (Å²) in [5.41, 5.74) is 0. The normalized spacial score (nSPS) is 16.4. The van der Waals surface area contributed by atoms with E-state index in [9.17, 15) is 4.79 Å². The van der Waals surface area contributed by atoms with Crippen LogP contribution in [0.3, 0.4) is 0 Å². The molecule has 18 heavy (non-hydrogen) atoms. The van der Waals surface area contributed by atoms with E-state index in [1.54, 1.807) is 6.33 Å². The number of rotatable bonds is 3. The summed E-state index contributed by atoms with van der Waals surface area (Å²) in [5.74, 6) is 1.62. The Labute approximate surface area is 106 Å². The molecule has 0 saturated carbocycles. The van der Waals surface area contributed by atoms with Crippen LogP contribution in [0.5, 0.6) is 0 Å². The number of anilines is 2. The number of hydrogen-bond donors (Lipinski definition) is 1. The topological polar surface area (TPSA) is 67.4 Å². The third kappa shape index (κ3) is 2.69. The first-order valence-electron chi connectivity index (χ1n) is 6.07. The summed E-state index contributed by atoms with van der Waals surface area (Å²) in [7, 11) is 3.27. The molecule has 0 aliphatic carbocycles. The molecule has 0 amide bonds. The highest BCUT2D eigenvalue weighted by atomic mass is 16.5. The highest BCUT2D eigenvalue weighted by molar-refractivity contribution is 5.72. The second-order valence-electron chi connectivity index (χ2n) is 4.30. The minimum absolute atomic E-state index is 0.0249. The maximum Gasteiger partial charge on any atom is 0.308 e. The second-order valence-corrected chi connectivity index (χ2v) is 4.30. The standard InChI is InChI=1S/C12H18N4O2/c1-13-10-7-11(15-8-14-10)16-5-3-9(4-6-16)12(17)18-2/h7-9H,3-6H2,1-2H3,(H,13,14,15). The first-order valence-corrected chi connectivity index (χ1v) is 6.07. The number of nitrogens with one attached hydrogen (secondary N) is 1. The van der Waals surface area contributed by atoms with Crippen LogP contribution in [-0.4, -0.2) is 43.2 Å². The Kier molecular flexibility index (Phi) is 3.96. The number of aromatic nitrogens is 2. The number of carbonyl (C=O) groups is 1. The summed E-state index contributed by atoms with van der Waals surface area (Å²) >= 11 is 0. The first-order chi connectivity index (χ1) is 8.74. The number of piperidine rings is 1. The molecular weight excluding hydrogens is 232 g/mol. The molecular formula is C12H18N4O2. The first kappa shape index (κ1) is 12.6. The zero-order chi connectivity index (χ0) is 13.0. The van der Waals surface area contributed by atoms with Crippen molar-refractivity contribution in [1.29, 1.82) is 0 Å². The summed E-state index contributed by atoms with van der Waals surface area (Å²) in [6.45, 7) is 1.64. The fraction of sp³-hybridized carbons (Fsp3) is 0.583. The molecule has 1 fully saturated rings. The van der Waals surface area contributed by atoms with Crippen LogP contribution >= 0.6 is 0 Å².